The van der Waals surface area contributed by atoms with E-state index in [-0.39, 0.29) is 25.7 Å². The van der Waals surface area contributed by atoms with E-state index >= 15 is 4.79 Å². The molecule has 0 bridgehead atoms. The summed E-state index contributed by atoms with van der Waals surface area (Å²) in [7, 11) is 0. The fourth-order valence-electron chi connectivity index (χ4n) is 6.86. The standard InChI is InChI=1S/C43H42N2O6/c46-32-38(26-28-40(47)48)45(43(35-20-10-3-11-21-35,36-22-12-4-13-23-36)37-24-14-5-15-25-37)42(51)39(27-29-41(49)50)44(30-33-16-6-1-7-17-33)31-34-18-8-2-9-19-34/h1-25,32,38-39H,26-31H2,(H,47,48)(H,49,50)/t38-,39-/m0/s1. The third-order valence-corrected chi connectivity index (χ3v) is 9.13. The highest BCUT2D eigenvalue weighted by Gasteiger charge is 2.50. The highest BCUT2D eigenvalue weighted by Crippen LogP contribution is 2.45. The zero-order valence-corrected chi connectivity index (χ0v) is 28.3. The van der Waals surface area contributed by atoms with Gasteiger partial charge in [-0.1, -0.05) is 152 Å². The maximum Gasteiger partial charge on any atom is 0.303 e. The van der Waals surface area contributed by atoms with Crippen molar-refractivity contribution < 1.29 is 29.4 Å². The summed E-state index contributed by atoms with van der Waals surface area (Å²) in [5, 5.41) is 19.8. The topological polar surface area (TPSA) is 115 Å². The van der Waals surface area contributed by atoms with Crippen molar-refractivity contribution in [1.29, 1.82) is 0 Å². The first kappa shape index (κ1) is 36.4. The van der Waals surface area contributed by atoms with Crippen LogP contribution in [0.2, 0.25) is 0 Å². The van der Waals surface area contributed by atoms with Gasteiger partial charge in [-0.2, -0.15) is 0 Å². The van der Waals surface area contributed by atoms with Crippen molar-refractivity contribution in [3.8, 4) is 0 Å². The Morgan fingerprint density at radius 3 is 1.25 bits per heavy atom. The van der Waals surface area contributed by atoms with Crippen molar-refractivity contribution in [1.82, 2.24) is 9.80 Å². The zero-order valence-electron chi connectivity index (χ0n) is 28.3. The first-order chi connectivity index (χ1) is 24.8. The van der Waals surface area contributed by atoms with Crippen LogP contribution >= 0.6 is 0 Å². The van der Waals surface area contributed by atoms with Crippen LogP contribution in [0.1, 0.15) is 53.5 Å². The van der Waals surface area contributed by atoms with Gasteiger partial charge in [0.2, 0.25) is 5.91 Å². The third-order valence-electron chi connectivity index (χ3n) is 9.13. The van der Waals surface area contributed by atoms with E-state index in [4.69, 9.17) is 0 Å². The van der Waals surface area contributed by atoms with Crippen molar-refractivity contribution in [2.75, 3.05) is 0 Å². The van der Waals surface area contributed by atoms with Gasteiger partial charge < -0.3 is 19.9 Å². The van der Waals surface area contributed by atoms with E-state index < -0.39 is 35.5 Å². The summed E-state index contributed by atoms with van der Waals surface area (Å²) in [4.78, 5) is 56.9. The predicted octanol–water partition coefficient (Wildman–Crippen LogP) is 7.18. The first-order valence-electron chi connectivity index (χ1n) is 17.0. The molecule has 5 aromatic rings. The van der Waals surface area contributed by atoms with Gasteiger partial charge in [0.15, 0.2) is 0 Å². The number of rotatable bonds is 18. The number of carboxylic acid groups (broad SMARTS) is 2. The van der Waals surface area contributed by atoms with Gasteiger partial charge >= 0.3 is 11.9 Å². The van der Waals surface area contributed by atoms with Gasteiger partial charge in [-0.15, -0.1) is 0 Å². The minimum Gasteiger partial charge on any atom is -0.481 e. The van der Waals surface area contributed by atoms with E-state index in [0.717, 1.165) is 11.1 Å². The lowest BCUT2D eigenvalue weighted by Crippen LogP contribution is -2.61. The molecule has 2 atom stereocenters. The Bertz CT molecular complexity index is 1720. The molecular formula is C43H42N2O6. The summed E-state index contributed by atoms with van der Waals surface area (Å²) < 4.78 is 0. The van der Waals surface area contributed by atoms with Crippen LogP contribution in [-0.2, 0) is 37.8 Å². The predicted molar refractivity (Wildman–Crippen MR) is 196 cm³/mol. The third kappa shape index (κ3) is 8.84. The summed E-state index contributed by atoms with van der Waals surface area (Å²) in [5.41, 5.74) is 2.49. The fraction of sp³-hybridized carbons (Fsp3) is 0.209. The van der Waals surface area contributed by atoms with Gasteiger partial charge in [-0.05, 0) is 40.7 Å². The van der Waals surface area contributed by atoms with E-state index in [2.05, 4.69) is 0 Å². The second kappa shape index (κ2) is 17.7. The Kier molecular flexibility index (Phi) is 12.6. The molecule has 260 valence electrons. The smallest absolute Gasteiger partial charge is 0.303 e. The van der Waals surface area contributed by atoms with Crippen molar-refractivity contribution >= 4 is 24.1 Å². The molecule has 5 aromatic carbocycles. The van der Waals surface area contributed by atoms with Gasteiger partial charge in [-0.3, -0.25) is 19.3 Å². The van der Waals surface area contributed by atoms with Gasteiger partial charge in [0.25, 0.3) is 0 Å². The van der Waals surface area contributed by atoms with E-state index in [1.807, 2.05) is 157 Å². The number of benzene rings is 5. The SMILES string of the molecule is O=C[C@H](CCC(=O)O)N(C(=O)[C@H](CCC(=O)O)N(Cc1ccccc1)Cc1ccccc1)C(c1ccccc1)(c1ccccc1)c1ccccc1. The van der Waals surface area contributed by atoms with Crippen LogP contribution in [0.4, 0.5) is 0 Å². The molecule has 8 heteroatoms. The van der Waals surface area contributed by atoms with Crippen LogP contribution < -0.4 is 0 Å². The second-order valence-corrected chi connectivity index (χ2v) is 12.5. The molecule has 0 unspecified atom stereocenters. The number of carbonyl (C=O) groups is 4. The van der Waals surface area contributed by atoms with Gasteiger partial charge in [0.05, 0.1) is 12.1 Å². The highest BCUT2D eigenvalue weighted by atomic mass is 16.4. The minimum atomic E-state index is -1.42. The summed E-state index contributed by atoms with van der Waals surface area (Å²) in [6.45, 7) is 0.630. The number of nitrogens with zero attached hydrogens (tertiary/aromatic N) is 2. The molecule has 2 N–H and O–H groups in total. The number of carbonyl (C=O) groups excluding carboxylic acids is 2. The lowest BCUT2D eigenvalue weighted by Gasteiger charge is -2.50. The summed E-state index contributed by atoms with van der Waals surface area (Å²) in [6, 6.07) is 45.3. The number of amides is 1. The quantitative estimate of drug-likeness (QED) is 0.0744. The molecule has 0 fully saturated rings. The number of carboxylic acids is 2. The summed E-state index contributed by atoms with van der Waals surface area (Å²) in [6.07, 6.45) is -0.220. The van der Waals surface area contributed by atoms with Crippen molar-refractivity contribution in [3.63, 3.8) is 0 Å². The molecule has 0 spiro atoms. The minimum absolute atomic E-state index is 0.0523. The van der Waals surface area contributed by atoms with Gasteiger partial charge in [0.1, 0.15) is 11.8 Å². The fourth-order valence-corrected chi connectivity index (χ4v) is 6.86. The highest BCUT2D eigenvalue weighted by molar-refractivity contribution is 5.88. The summed E-state index contributed by atoms with van der Waals surface area (Å²) in [5.74, 6) is -2.64. The number of hydrogen-bond acceptors (Lipinski definition) is 5. The van der Waals surface area contributed by atoms with Crippen LogP contribution in [-0.4, -0.2) is 56.2 Å². The summed E-state index contributed by atoms with van der Waals surface area (Å²) >= 11 is 0. The Labute approximate surface area is 298 Å². The normalized spacial score (nSPS) is 12.5. The second-order valence-electron chi connectivity index (χ2n) is 12.5. The maximum atomic E-state index is 15.9. The van der Waals surface area contributed by atoms with Gasteiger partial charge in [0, 0.05) is 25.9 Å². The zero-order chi connectivity index (χ0) is 36.1. The lowest BCUT2D eigenvalue weighted by atomic mass is 9.74. The van der Waals surface area contributed by atoms with Gasteiger partial charge in [-0.25, -0.2) is 0 Å². The molecule has 0 saturated carbocycles. The Morgan fingerprint density at radius 1 is 0.549 bits per heavy atom. The number of aliphatic carboxylic acids is 2. The molecule has 51 heavy (non-hydrogen) atoms. The number of hydrogen-bond donors (Lipinski definition) is 2. The molecule has 0 saturated heterocycles. The maximum absolute atomic E-state index is 15.9. The van der Waals surface area contributed by atoms with Crippen molar-refractivity contribution in [3.05, 3.63) is 179 Å². The van der Waals surface area contributed by atoms with Crippen molar-refractivity contribution in [2.24, 2.45) is 0 Å². The largest absolute Gasteiger partial charge is 0.481 e. The molecule has 0 aromatic heterocycles. The van der Waals surface area contributed by atoms with E-state index in [1.54, 1.807) is 4.90 Å². The van der Waals surface area contributed by atoms with Crippen LogP contribution in [0.25, 0.3) is 0 Å². The molecule has 0 heterocycles. The van der Waals surface area contributed by atoms with Crippen molar-refractivity contribution in [2.45, 2.75) is 56.4 Å². The Hall–Kier alpha value is -5.86. The Morgan fingerprint density at radius 2 is 0.902 bits per heavy atom. The number of aldehydes is 1. The van der Waals surface area contributed by atoms with E-state index in [9.17, 15) is 24.6 Å². The average molecular weight is 683 g/mol. The van der Waals surface area contributed by atoms with E-state index in [0.29, 0.717) is 36.1 Å². The average Bonchev–Trinajstić information content (AvgIpc) is 3.16. The van der Waals surface area contributed by atoms with Crippen LogP contribution in [0.5, 0.6) is 0 Å². The first-order valence-corrected chi connectivity index (χ1v) is 17.0. The molecule has 0 aliphatic carbocycles. The molecule has 0 aliphatic heterocycles. The molecule has 1 amide bonds. The Balaban J connectivity index is 1.81. The molecule has 0 radical (unpaired) electrons. The van der Waals surface area contributed by atoms with Crippen LogP contribution in [0, 0.1) is 0 Å². The molecule has 0 aliphatic rings. The molecular weight excluding hydrogens is 640 g/mol. The van der Waals surface area contributed by atoms with Crippen LogP contribution in [0.3, 0.4) is 0 Å². The van der Waals surface area contributed by atoms with Crippen LogP contribution in [0.15, 0.2) is 152 Å². The monoisotopic (exact) mass is 682 g/mol. The lowest BCUT2D eigenvalue weighted by molar-refractivity contribution is -0.150. The van der Waals surface area contributed by atoms with E-state index in [1.165, 1.54) is 0 Å². The molecule has 5 rings (SSSR count). The molecule has 8 nitrogen and oxygen atoms in total.